The van der Waals surface area contributed by atoms with Gasteiger partial charge in [-0.15, -0.1) is 11.3 Å². The zero-order chi connectivity index (χ0) is 22.5. The SMILES string of the molecule is O=C(Nc1nc(-c2cccc([N+](=O)[O-])c2)cs1)[C@@H]1CCCN1C(=O)OCc1ccccc1. The number of nitrogens with zero attached hydrogens (tertiary/aromatic N) is 3. The summed E-state index contributed by atoms with van der Waals surface area (Å²) in [5, 5.41) is 15.8. The van der Waals surface area contributed by atoms with Crippen molar-refractivity contribution in [2.75, 3.05) is 11.9 Å². The highest BCUT2D eigenvalue weighted by Crippen LogP contribution is 2.28. The van der Waals surface area contributed by atoms with Crippen LogP contribution < -0.4 is 5.32 Å². The van der Waals surface area contributed by atoms with Gasteiger partial charge in [0.2, 0.25) is 5.91 Å². The predicted molar refractivity (Wildman–Crippen MR) is 119 cm³/mol. The molecule has 2 aromatic carbocycles. The summed E-state index contributed by atoms with van der Waals surface area (Å²) >= 11 is 1.22. The first-order chi connectivity index (χ1) is 15.5. The Labute approximate surface area is 187 Å². The Morgan fingerprint density at radius 2 is 2.03 bits per heavy atom. The third kappa shape index (κ3) is 4.92. The van der Waals surface area contributed by atoms with E-state index in [1.54, 1.807) is 17.5 Å². The molecule has 0 bridgehead atoms. The molecule has 1 N–H and O–H groups in total. The summed E-state index contributed by atoms with van der Waals surface area (Å²) < 4.78 is 5.37. The van der Waals surface area contributed by atoms with E-state index in [0.717, 1.165) is 5.56 Å². The Hall–Kier alpha value is -3.79. The van der Waals surface area contributed by atoms with E-state index in [9.17, 15) is 19.7 Å². The second kappa shape index (κ2) is 9.56. The van der Waals surface area contributed by atoms with Gasteiger partial charge in [0.1, 0.15) is 12.6 Å². The van der Waals surface area contributed by atoms with Crippen molar-refractivity contribution >= 4 is 34.2 Å². The van der Waals surface area contributed by atoms with E-state index in [-0.39, 0.29) is 18.2 Å². The van der Waals surface area contributed by atoms with Gasteiger partial charge in [-0.2, -0.15) is 0 Å². The molecule has 0 unspecified atom stereocenters. The smallest absolute Gasteiger partial charge is 0.410 e. The monoisotopic (exact) mass is 452 g/mol. The van der Waals surface area contributed by atoms with Gasteiger partial charge < -0.3 is 10.1 Å². The number of carbonyl (C=O) groups is 2. The number of carbonyl (C=O) groups excluding carboxylic acids is 2. The zero-order valence-electron chi connectivity index (χ0n) is 17.0. The number of hydrogen-bond donors (Lipinski definition) is 1. The van der Waals surface area contributed by atoms with Gasteiger partial charge in [-0.3, -0.25) is 19.8 Å². The Kier molecular flexibility index (Phi) is 6.41. The average molecular weight is 452 g/mol. The molecule has 10 heteroatoms. The van der Waals surface area contributed by atoms with E-state index < -0.39 is 17.1 Å². The molecule has 164 valence electrons. The third-order valence-corrected chi connectivity index (χ3v) is 5.84. The number of nitro benzene ring substituents is 1. The topological polar surface area (TPSA) is 115 Å². The Morgan fingerprint density at radius 3 is 2.81 bits per heavy atom. The number of amides is 2. The second-order valence-electron chi connectivity index (χ2n) is 7.23. The molecule has 2 heterocycles. The minimum absolute atomic E-state index is 0.0308. The molecular weight excluding hydrogens is 432 g/mol. The van der Waals surface area contributed by atoms with Crippen molar-refractivity contribution < 1.29 is 19.2 Å². The maximum atomic E-state index is 12.8. The van der Waals surface area contributed by atoms with Crippen LogP contribution >= 0.6 is 11.3 Å². The van der Waals surface area contributed by atoms with Crippen LogP contribution in [-0.4, -0.2) is 39.4 Å². The molecule has 1 atom stereocenters. The van der Waals surface area contributed by atoms with Crippen molar-refractivity contribution in [3.63, 3.8) is 0 Å². The van der Waals surface area contributed by atoms with Crippen LogP contribution in [-0.2, 0) is 16.1 Å². The van der Waals surface area contributed by atoms with Gasteiger partial charge in [0.25, 0.3) is 5.69 Å². The molecular formula is C22H20N4O5S. The first-order valence-electron chi connectivity index (χ1n) is 10.00. The van der Waals surface area contributed by atoms with Crippen LogP contribution in [0.1, 0.15) is 18.4 Å². The lowest BCUT2D eigenvalue weighted by Gasteiger charge is -2.22. The third-order valence-electron chi connectivity index (χ3n) is 5.08. The Bertz CT molecular complexity index is 1130. The first kappa shape index (κ1) is 21.4. The van der Waals surface area contributed by atoms with Crippen molar-refractivity contribution in [3.8, 4) is 11.3 Å². The number of ether oxygens (including phenoxy) is 1. The lowest BCUT2D eigenvalue weighted by molar-refractivity contribution is -0.384. The summed E-state index contributed by atoms with van der Waals surface area (Å²) in [4.78, 5) is 41.6. The molecule has 1 aliphatic rings. The fourth-order valence-corrected chi connectivity index (χ4v) is 4.21. The van der Waals surface area contributed by atoms with E-state index >= 15 is 0 Å². The zero-order valence-corrected chi connectivity index (χ0v) is 17.8. The lowest BCUT2D eigenvalue weighted by atomic mass is 10.1. The molecule has 3 aromatic rings. The maximum absolute atomic E-state index is 12.8. The lowest BCUT2D eigenvalue weighted by Crippen LogP contribution is -2.43. The Balaban J connectivity index is 1.38. The highest BCUT2D eigenvalue weighted by atomic mass is 32.1. The van der Waals surface area contributed by atoms with E-state index in [0.29, 0.717) is 35.8 Å². The highest BCUT2D eigenvalue weighted by Gasteiger charge is 2.35. The van der Waals surface area contributed by atoms with E-state index in [1.807, 2.05) is 30.3 Å². The molecule has 1 saturated heterocycles. The molecule has 1 aromatic heterocycles. The summed E-state index contributed by atoms with van der Waals surface area (Å²) in [5.41, 5.74) is 1.96. The van der Waals surface area contributed by atoms with Gasteiger partial charge in [-0.05, 0) is 18.4 Å². The van der Waals surface area contributed by atoms with Crippen LogP contribution in [0.3, 0.4) is 0 Å². The van der Waals surface area contributed by atoms with Crippen molar-refractivity contribution in [3.05, 3.63) is 75.7 Å². The van der Waals surface area contributed by atoms with Gasteiger partial charge in [0.05, 0.1) is 10.6 Å². The summed E-state index contributed by atoms with van der Waals surface area (Å²) in [5.74, 6) is -0.334. The van der Waals surface area contributed by atoms with Crippen LogP contribution in [0.15, 0.2) is 60.0 Å². The number of aromatic nitrogens is 1. The van der Waals surface area contributed by atoms with Crippen LogP contribution in [0.2, 0.25) is 0 Å². The van der Waals surface area contributed by atoms with Crippen LogP contribution in [0.4, 0.5) is 15.6 Å². The quantitative estimate of drug-likeness (QED) is 0.436. The number of non-ortho nitro benzene ring substituents is 1. The average Bonchev–Trinajstić information content (AvgIpc) is 3.48. The van der Waals surface area contributed by atoms with Gasteiger partial charge >= 0.3 is 6.09 Å². The molecule has 0 aliphatic carbocycles. The second-order valence-corrected chi connectivity index (χ2v) is 8.08. The summed E-state index contributed by atoms with van der Waals surface area (Å²) in [7, 11) is 0. The summed E-state index contributed by atoms with van der Waals surface area (Å²) in [6.45, 7) is 0.589. The minimum atomic E-state index is -0.636. The van der Waals surface area contributed by atoms with Gasteiger partial charge in [0, 0.05) is 29.6 Å². The molecule has 1 aliphatic heterocycles. The van der Waals surface area contributed by atoms with Crippen LogP contribution in [0.5, 0.6) is 0 Å². The number of hydrogen-bond acceptors (Lipinski definition) is 7. The van der Waals surface area contributed by atoms with Gasteiger partial charge in [0.15, 0.2) is 5.13 Å². The number of nitrogens with one attached hydrogen (secondary N) is 1. The molecule has 0 radical (unpaired) electrons. The van der Waals surface area contributed by atoms with Crippen molar-refractivity contribution in [1.82, 2.24) is 9.88 Å². The number of anilines is 1. The number of likely N-dealkylation sites (tertiary alicyclic amines) is 1. The predicted octanol–water partition coefficient (Wildman–Crippen LogP) is 4.46. The maximum Gasteiger partial charge on any atom is 0.410 e. The number of rotatable bonds is 6. The summed E-state index contributed by atoms with van der Waals surface area (Å²) in [6, 6.07) is 14.9. The fraction of sp³-hybridized carbons (Fsp3) is 0.227. The molecule has 2 amide bonds. The van der Waals surface area contributed by atoms with E-state index in [2.05, 4.69) is 10.3 Å². The van der Waals surface area contributed by atoms with Crippen molar-refractivity contribution in [2.45, 2.75) is 25.5 Å². The van der Waals surface area contributed by atoms with E-state index in [4.69, 9.17) is 4.74 Å². The van der Waals surface area contributed by atoms with E-state index in [1.165, 1.54) is 28.4 Å². The minimum Gasteiger partial charge on any atom is -0.445 e. The molecule has 9 nitrogen and oxygen atoms in total. The molecule has 4 rings (SSSR count). The summed E-state index contributed by atoms with van der Waals surface area (Å²) in [6.07, 6.45) is 0.716. The normalized spacial score (nSPS) is 15.4. The molecule has 1 fully saturated rings. The largest absolute Gasteiger partial charge is 0.445 e. The van der Waals surface area contributed by atoms with Crippen molar-refractivity contribution in [1.29, 1.82) is 0 Å². The molecule has 0 saturated carbocycles. The fourth-order valence-electron chi connectivity index (χ4n) is 3.49. The van der Waals surface area contributed by atoms with Crippen molar-refractivity contribution in [2.24, 2.45) is 0 Å². The first-order valence-corrected chi connectivity index (χ1v) is 10.9. The van der Waals surface area contributed by atoms with Crippen LogP contribution in [0.25, 0.3) is 11.3 Å². The molecule has 32 heavy (non-hydrogen) atoms. The number of nitro groups is 1. The number of benzene rings is 2. The number of thiazole rings is 1. The Morgan fingerprint density at radius 1 is 1.22 bits per heavy atom. The highest BCUT2D eigenvalue weighted by molar-refractivity contribution is 7.14. The van der Waals surface area contributed by atoms with Gasteiger partial charge in [-0.1, -0.05) is 42.5 Å². The standard InChI is InChI=1S/C22H20N4O5S/c27-20(19-10-5-11-25(19)22(28)31-13-15-6-2-1-3-7-15)24-21-23-18(14-32-21)16-8-4-9-17(12-16)26(29)30/h1-4,6-9,12,14,19H,5,10-11,13H2,(H,23,24,27)/t19-/m0/s1. The molecule has 0 spiro atoms. The van der Waals surface area contributed by atoms with Crippen LogP contribution in [0, 0.1) is 10.1 Å². The van der Waals surface area contributed by atoms with Gasteiger partial charge in [-0.25, -0.2) is 9.78 Å².